The first-order valence-corrected chi connectivity index (χ1v) is 38.8. The number of Topliss-reactive ketones (excluding diaryl/α,β-unsaturated/α-hetero) is 2. The van der Waals surface area contributed by atoms with Crippen molar-refractivity contribution in [2.75, 3.05) is 19.8 Å². The maximum absolute atomic E-state index is 15.2. The van der Waals surface area contributed by atoms with Gasteiger partial charge in [0.05, 0.1) is 6.61 Å². The minimum absolute atomic E-state index is 0.0124. The first-order chi connectivity index (χ1) is 41.5. The quantitative estimate of drug-likeness (QED) is 0.0257. The molecule has 0 aromatic carbocycles. The van der Waals surface area contributed by atoms with E-state index in [0.717, 1.165) is 103 Å². The molecule has 0 rings (SSSR count). The van der Waals surface area contributed by atoms with Gasteiger partial charge in [-0.2, -0.15) is 0 Å². The highest BCUT2D eigenvalue weighted by molar-refractivity contribution is 7.47. The van der Waals surface area contributed by atoms with E-state index in [9.17, 15) is 19.0 Å². The SMILES string of the molecule is CCCCCCCCCCCCCCCCCC(=O)O[C@@H](COP(=O)(O)OCCN)C(OC(=O)CCCCCCCCCCCCCCCCC)(C(=O)CCCCCCCCCCCCCCC)C(=O)CCCCCCCCCCCCCCC. The molecule has 0 saturated heterocycles. The van der Waals surface area contributed by atoms with Crippen LogP contribution in [0, 0.1) is 0 Å². The van der Waals surface area contributed by atoms with Gasteiger partial charge < -0.3 is 20.1 Å². The van der Waals surface area contributed by atoms with E-state index >= 15 is 9.59 Å². The van der Waals surface area contributed by atoms with Gasteiger partial charge in [-0.25, -0.2) is 4.57 Å². The molecule has 0 aromatic rings. The molecule has 0 spiro atoms. The number of esters is 2. The lowest BCUT2D eigenvalue weighted by Gasteiger charge is -2.37. The van der Waals surface area contributed by atoms with Crippen molar-refractivity contribution in [2.24, 2.45) is 5.73 Å². The summed E-state index contributed by atoms with van der Waals surface area (Å²) in [6.07, 6.45) is 62.3. The molecule has 0 aliphatic rings. The maximum atomic E-state index is 15.2. The number of phosphoric acid groups is 1. The first kappa shape index (κ1) is 83.4. The second-order valence-corrected chi connectivity index (χ2v) is 27.3. The number of carbonyl (C=O) groups is 4. The number of ketones is 2. The highest BCUT2D eigenvalue weighted by Gasteiger charge is 2.57. The van der Waals surface area contributed by atoms with Gasteiger partial charge >= 0.3 is 19.8 Å². The molecule has 0 aliphatic heterocycles. The Kier molecular flexibility index (Phi) is 62.7. The van der Waals surface area contributed by atoms with E-state index in [1.165, 1.54) is 231 Å². The lowest BCUT2D eigenvalue weighted by Crippen LogP contribution is -2.61. The van der Waals surface area contributed by atoms with Crippen LogP contribution in [0.15, 0.2) is 0 Å². The number of hydrogen-bond donors (Lipinski definition) is 2. The number of hydrogen-bond acceptors (Lipinski definition) is 10. The van der Waals surface area contributed by atoms with E-state index in [2.05, 4.69) is 27.7 Å². The zero-order chi connectivity index (χ0) is 62.3. The lowest BCUT2D eigenvalue weighted by molar-refractivity contribution is -0.196. The number of ether oxygens (including phenoxy) is 2. The Labute approximate surface area is 526 Å². The Morgan fingerprint density at radius 3 is 0.812 bits per heavy atom. The van der Waals surface area contributed by atoms with Crippen molar-refractivity contribution in [1.82, 2.24) is 0 Å². The van der Waals surface area contributed by atoms with Crippen molar-refractivity contribution in [1.29, 1.82) is 0 Å². The van der Waals surface area contributed by atoms with Gasteiger partial charge in [0, 0.05) is 32.2 Å². The number of phosphoric ester groups is 1. The zero-order valence-corrected chi connectivity index (χ0v) is 57.7. The van der Waals surface area contributed by atoms with E-state index in [1.807, 2.05) is 0 Å². The van der Waals surface area contributed by atoms with Gasteiger partial charge in [-0.3, -0.25) is 28.2 Å². The molecule has 3 N–H and O–H groups in total. The van der Waals surface area contributed by atoms with Gasteiger partial charge in [0.1, 0.15) is 6.61 Å². The number of carbonyl (C=O) groups excluding carboxylic acids is 4. The fourth-order valence-corrected chi connectivity index (χ4v) is 12.7. The molecule has 0 bridgehead atoms. The second kappa shape index (κ2) is 63.9. The Hall–Kier alpha value is -1.65. The molecule has 12 heteroatoms. The molecule has 85 heavy (non-hydrogen) atoms. The van der Waals surface area contributed by atoms with Crippen LogP contribution in [0.1, 0.15) is 413 Å². The molecule has 0 heterocycles. The standard InChI is InChI=1S/C73H142NO10P/c1-5-9-13-17-21-25-29-33-35-39-43-47-51-55-59-63-71(77)83-70(67-82-85(79,80)81-66-65-74)73(68(75)61-57-53-49-45-41-37-31-27-23-19-15-11-7-3,69(76)62-58-54-50-46-42-38-32-28-24-20-16-12-8-4)84-72(78)64-60-56-52-48-44-40-36-34-30-26-22-18-14-10-6-2/h70H,5-67,74H2,1-4H3,(H,79,80)/t70-/m0/s1. The van der Waals surface area contributed by atoms with Gasteiger partial charge in [0.25, 0.3) is 5.60 Å². The summed E-state index contributed by atoms with van der Waals surface area (Å²) in [6.45, 7) is 7.81. The molecule has 0 amide bonds. The lowest BCUT2D eigenvalue weighted by atomic mass is 9.82. The largest absolute Gasteiger partial charge is 0.472 e. The molecule has 0 aromatic heterocycles. The Morgan fingerprint density at radius 2 is 0.565 bits per heavy atom. The molecule has 11 nitrogen and oxygen atoms in total. The summed E-state index contributed by atoms with van der Waals surface area (Å²) in [4.78, 5) is 69.5. The van der Waals surface area contributed by atoms with Crippen LogP contribution in [0.5, 0.6) is 0 Å². The minimum atomic E-state index is -4.81. The molecule has 504 valence electrons. The molecule has 2 atom stereocenters. The van der Waals surface area contributed by atoms with Crippen LogP contribution in [-0.2, 0) is 42.3 Å². The highest BCUT2D eigenvalue weighted by Crippen LogP contribution is 2.44. The average molecular weight is 1220 g/mol. The van der Waals surface area contributed by atoms with Crippen LogP contribution in [0.25, 0.3) is 0 Å². The van der Waals surface area contributed by atoms with Crippen LogP contribution in [0.2, 0.25) is 0 Å². The van der Waals surface area contributed by atoms with Crippen molar-refractivity contribution >= 4 is 31.3 Å². The third-order valence-electron chi connectivity index (χ3n) is 17.6. The van der Waals surface area contributed by atoms with Gasteiger partial charge in [-0.05, 0) is 25.7 Å². The van der Waals surface area contributed by atoms with Crippen LogP contribution >= 0.6 is 7.82 Å². The van der Waals surface area contributed by atoms with Crippen LogP contribution < -0.4 is 5.73 Å². The Bertz CT molecular complexity index is 1490. The summed E-state index contributed by atoms with van der Waals surface area (Å²) in [6, 6.07) is 0. The van der Waals surface area contributed by atoms with Gasteiger partial charge in [-0.15, -0.1) is 0 Å². The third kappa shape index (κ3) is 52.8. The normalized spacial score (nSPS) is 12.9. The van der Waals surface area contributed by atoms with Gasteiger partial charge in [-0.1, -0.05) is 362 Å². The predicted molar refractivity (Wildman–Crippen MR) is 359 cm³/mol. The summed E-state index contributed by atoms with van der Waals surface area (Å²) in [7, 11) is -4.81. The molecule has 0 aliphatic carbocycles. The topological polar surface area (TPSA) is 169 Å². The van der Waals surface area contributed by atoms with Crippen LogP contribution in [0.3, 0.4) is 0 Å². The first-order valence-electron chi connectivity index (χ1n) is 37.3. The van der Waals surface area contributed by atoms with E-state index in [4.69, 9.17) is 24.3 Å². The van der Waals surface area contributed by atoms with E-state index < -0.39 is 49.6 Å². The summed E-state index contributed by atoms with van der Waals surface area (Å²) in [5.41, 5.74) is 3.07. The second-order valence-electron chi connectivity index (χ2n) is 25.8. The van der Waals surface area contributed by atoms with Crippen molar-refractivity contribution in [3.05, 3.63) is 0 Å². The molecule has 1 unspecified atom stereocenters. The fraction of sp³-hybridized carbons (Fsp3) is 0.945. The van der Waals surface area contributed by atoms with Crippen molar-refractivity contribution in [3.63, 3.8) is 0 Å². The number of rotatable bonds is 71. The maximum Gasteiger partial charge on any atom is 0.472 e. The van der Waals surface area contributed by atoms with E-state index in [1.54, 1.807) is 0 Å². The van der Waals surface area contributed by atoms with Crippen molar-refractivity contribution < 1.29 is 47.2 Å². The summed E-state index contributed by atoms with van der Waals surface area (Å²) >= 11 is 0. The summed E-state index contributed by atoms with van der Waals surface area (Å²) < 4.78 is 36.4. The predicted octanol–water partition coefficient (Wildman–Crippen LogP) is 22.9. The van der Waals surface area contributed by atoms with Crippen molar-refractivity contribution in [2.45, 2.75) is 425 Å². The van der Waals surface area contributed by atoms with Crippen molar-refractivity contribution in [3.8, 4) is 0 Å². The van der Waals surface area contributed by atoms with Crippen LogP contribution in [-0.4, -0.2) is 59.9 Å². The molecule has 0 radical (unpaired) electrons. The monoisotopic (exact) mass is 1220 g/mol. The smallest absolute Gasteiger partial charge is 0.455 e. The molecule has 0 saturated carbocycles. The number of nitrogens with two attached hydrogens (primary N) is 1. The van der Waals surface area contributed by atoms with E-state index in [-0.39, 0.29) is 38.8 Å². The highest BCUT2D eigenvalue weighted by atomic mass is 31.2. The minimum Gasteiger partial charge on any atom is -0.455 e. The average Bonchev–Trinajstić information content (AvgIpc) is 2.62. The number of unbranched alkanes of at least 4 members (excludes halogenated alkanes) is 52. The summed E-state index contributed by atoms with van der Waals surface area (Å²) in [5.74, 6) is -2.69. The summed E-state index contributed by atoms with van der Waals surface area (Å²) in [5, 5.41) is 0. The molecular formula is C73H142NO10P. The molecule has 0 fully saturated rings. The Morgan fingerprint density at radius 1 is 0.341 bits per heavy atom. The Balaban J connectivity index is 6.32. The molecular weight excluding hydrogens is 1080 g/mol. The van der Waals surface area contributed by atoms with E-state index in [0.29, 0.717) is 25.7 Å². The fourth-order valence-electron chi connectivity index (χ4n) is 12.0. The van der Waals surface area contributed by atoms with Gasteiger partial charge in [0.15, 0.2) is 17.7 Å². The van der Waals surface area contributed by atoms with Crippen LogP contribution in [0.4, 0.5) is 0 Å². The third-order valence-corrected chi connectivity index (χ3v) is 18.6. The zero-order valence-electron chi connectivity index (χ0n) is 56.8. The van der Waals surface area contributed by atoms with Gasteiger partial charge in [0.2, 0.25) is 0 Å².